The number of nitrogens with one attached hydrogen (secondary N) is 2. The van der Waals surface area contributed by atoms with Crippen LogP contribution in [0.25, 0.3) is 0 Å². The highest BCUT2D eigenvalue weighted by molar-refractivity contribution is 5.87. The minimum absolute atomic E-state index is 0.0209. The molecule has 9 nitrogen and oxygen atoms in total. The monoisotopic (exact) mass is 450 g/mol. The van der Waals surface area contributed by atoms with Gasteiger partial charge in [-0.3, -0.25) is 19.4 Å². The Labute approximate surface area is 186 Å². The number of halogens is 1. The van der Waals surface area contributed by atoms with Crippen molar-refractivity contribution in [2.75, 3.05) is 13.2 Å². The number of aromatic nitrogens is 1. The summed E-state index contributed by atoms with van der Waals surface area (Å²) < 4.78 is 25.1. The number of cyclic esters (lactones) is 1. The molecular formula is C22H31FN4O5. The highest BCUT2D eigenvalue weighted by Gasteiger charge is 2.39. The molecule has 2 aliphatic heterocycles. The fraction of sp³-hybridized carbons (Fsp3) is 0.636. The number of pyridine rings is 1. The van der Waals surface area contributed by atoms with Crippen molar-refractivity contribution in [2.24, 2.45) is 11.7 Å². The average Bonchev–Trinajstić information content (AvgIpc) is 2.69. The van der Waals surface area contributed by atoms with Gasteiger partial charge in [0, 0.05) is 18.2 Å². The summed E-state index contributed by atoms with van der Waals surface area (Å²) in [5.41, 5.74) is 8.21. The first kappa shape index (κ1) is 24.1. The summed E-state index contributed by atoms with van der Waals surface area (Å²) in [7, 11) is 0. The highest BCUT2D eigenvalue weighted by atomic mass is 19.1. The van der Waals surface area contributed by atoms with Crippen LogP contribution in [0.1, 0.15) is 42.3 Å². The average molecular weight is 451 g/mol. The van der Waals surface area contributed by atoms with E-state index in [1.807, 2.05) is 0 Å². The van der Waals surface area contributed by atoms with Gasteiger partial charge in [0.05, 0.1) is 30.9 Å². The lowest BCUT2D eigenvalue weighted by Crippen LogP contribution is -2.59. The Hall–Kier alpha value is -2.59. The number of esters is 1. The van der Waals surface area contributed by atoms with Crippen molar-refractivity contribution in [3.8, 4) is 0 Å². The summed E-state index contributed by atoms with van der Waals surface area (Å²) in [4.78, 5) is 42.2. The molecule has 1 aromatic heterocycles. The molecule has 0 saturated carbocycles. The third-order valence-electron chi connectivity index (χ3n) is 6.19. The maximum atomic E-state index is 14.4. The topological polar surface area (TPSA) is 133 Å². The van der Waals surface area contributed by atoms with Gasteiger partial charge in [-0.25, -0.2) is 4.39 Å². The second-order valence-electron chi connectivity index (χ2n) is 8.68. The number of carbonyl (C=O) groups is 3. The van der Waals surface area contributed by atoms with Gasteiger partial charge in [0.15, 0.2) is 6.10 Å². The van der Waals surface area contributed by atoms with Crippen LogP contribution < -0.4 is 16.4 Å². The van der Waals surface area contributed by atoms with Crippen molar-refractivity contribution in [1.82, 2.24) is 15.6 Å². The molecule has 2 saturated heterocycles. The second-order valence-corrected chi connectivity index (χ2v) is 8.68. The first-order valence-electron chi connectivity index (χ1n) is 10.8. The predicted octanol–water partition coefficient (Wildman–Crippen LogP) is 0.357. The summed E-state index contributed by atoms with van der Waals surface area (Å²) in [6.07, 6.45) is -0.483. The normalized spacial score (nSPS) is 28.0. The van der Waals surface area contributed by atoms with Crippen molar-refractivity contribution >= 4 is 17.8 Å². The molecule has 3 heterocycles. The Kier molecular flexibility index (Phi) is 7.45. The van der Waals surface area contributed by atoms with E-state index in [-0.39, 0.29) is 31.0 Å². The van der Waals surface area contributed by atoms with Crippen LogP contribution in [-0.4, -0.2) is 60.2 Å². The van der Waals surface area contributed by atoms with E-state index in [2.05, 4.69) is 15.6 Å². The number of hydrogen-bond donors (Lipinski definition) is 3. The van der Waals surface area contributed by atoms with Gasteiger partial charge in [-0.15, -0.1) is 0 Å². The number of rotatable bonds is 3. The fourth-order valence-corrected chi connectivity index (χ4v) is 4.02. The molecular weight excluding hydrogens is 419 g/mol. The highest BCUT2D eigenvalue weighted by Crippen LogP contribution is 2.22. The smallest absolute Gasteiger partial charge is 0.306 e. The Morgan fingerprint density at radius 3 is 2.41 bits per heavy atom. The van der Waals surface area contributed by atoms with E-state index in [9.17, 15) is 18.8 Å². The first-order chi connectivity index (χ1) is 15.1. The van der Waals surface area contributed by atoms with E-state index < -0.39 is 42.0 Å². The van der Waals surface area contributed by atoms with Crippen LogP contribution in [0.3, 0.4) is 0 Å². The molecule has 32 heavy (non-hydrogen) atoms. The maximum absolute atomic E-state index is 14.4. The lowest BCUT2D eigenvalue weighted by Gasteiger charge is -2.34. The zero-order valence-electron chi connectivity index (χ0n) is 18.9. The zero-order valence-corrected chi connectivity index (χ0v) is 18.9. The number of nitrogens with two attached hydrogens (primary N) is 1. The van der Waals surface area contributed by atoms with Gasteiger partial charge in [0.1, 0.15) is 11.9 Å². The lowest BCUT2D eigenvalue weighted by molar-refractivity contribution is -0.172. The first-order valence-corrected chi connectivity index (χ1v) is 10.8. The van der Waals surface area contributed by atoms with Gasteiger partial charge in [-0.05, 0) is 51.7 Å². The molecule has 1 unspecified atom stereocenters. The Morgan fingerprint density at radius 2 is 1.78 bits per heavy atom. The van der Waals surface area contributed by atoms with Gasteiger partial charge in [-0.2, -0.15) is 0 Å². The van der Waals surface area contributed by atoms with Crippen molar-refractivity contribution in [2.45, 2.75) is 71.2 Å². The molecule has 2 amide bonds. The summed E-state index contributed by atoms with van der Waals surface area (Å²) in [5.74, 6) is -2.12. The van der Waals surface area contributed by atoms with E-state index in [0.717, 1.165) is 0 Å². The summed E-state index contributed by atoms with van der Waals surface area (Å²) in [6, 6.07) is -2.19. The fourth-order valence-electron chi connectivity index (χ4n) is 4.02. The second kappa shape index (κ2) is 9.91. The molecule has 2 aliphatic rings. The Balaban J connectivity index is 1.83. The molecule has 4 N–H and O–H groups in total. The molecule has 0 aromatic carbocycles. The number of aryl methyl sites for hydroxylation is 2. The van der Waals surface area contributed by atoms with Gasteiger partial charge in [0.2, 0.25) is 5.91 Å². The van der Waals surface area contributed by atoms with Crippen molar-refractivity contribution in [3.63, 3.8) is 0 Å². The molecule has 4 atom stereocenters. The third-order valence-corrected chi connectivity index (χ3v) is 6.19. The van der Waals surface area contributed by atoms with Gasteiger partial charge >= 0.3 is 5.97 Å². The van der Waals surface area contributed by atoms with Crippen molar-refractivity contribution < 1.29 is 28.2 Å². The maximum Gasteiger partial charge on any atom is 0.306 e. The van der Waals surface area contributed by atoms with Gasteiger partial charge in [0.25, 0.3) is 5.91 Å². The van der Waals surface area contributed by atoms with Gasteiger partial charge < -0.3 is 25.8 Å². The standard InChI is InChI=1S/C22H31FN4O5/c1-10-16(11(2)25-12(3)18(10)23)7-15-5-6-17(28)32-20(14-8-31-9-14)22(30)26-13(4)19(24)21(29)27-15/h13-15,19-20H,5-9,24H2,1-4H3,(H,26,30)(H,27,29)/t13-,15-,19+,20?/m1/s1. The quantitative estimate of drug-likeness (QED) is 0.566. The van der Waals surface area contributed by atoms with Crippen LogP contribution in [0.4, 0.5) is 4.39 Å². The van der Waals surface area contributed by atoms with Crippen LogP contribution in [0, 0.1) is 32.5 Å². The van der Waals surface area contributed by atoms with E-state index in [4.69, 9.17) is 15.2 Å². The number of amides is 2. The molecule has 2 fully saturated rings. The van der Waals surface area contributed by atoms with Crippen LogP contribution in [0.15, 0.2) is 0 Å². The molecule has 0 aliphatic carbocycles. The molecule has 176 valence electrons. The van der Waals surface area contributed by atoms with Crippen LogP contribution >= 0.6 is 0 Å². The van der Waals surface area contributed by atoms with E-state index in [0.29, 0.717) is 35.7 Å². The summed E-state index contributed by atoms with van der Waals surface area (Å²) in [6.45, 7) is 7.32. The molecule has 0 bridgehead atoms. The minimum atomic E-state index is -1.01. The SMILES string of the molecule is Cc1nc(C)c(C[C@H]2CCC(=O)OC(C3COC3)C(=O)N[C@H](C)[C@H](N)C(=O)N2)c(C)c1F. The molecule has 1 aromatic rings. The Morgan fingerprint density at radius 1 is 1.09 bits per heavy atom. The largest absolute Gasteiger partial charge is 0.452 e. The minimum Gasteiger partial charge on any atom is -0.452 e. The van der Waals surface area contributed by atoms with E-state index in [1.54, 1.807) is 27.7 Å². The summed E-state index contributed by atoms with van der Waals surface area (Å²) >= 11 is 0. The number of hydrogen-bond acceptors (Lipinski definition) is 7. The van der Waals surface area contributed by atoms with E-state index >= 15 is 0 Å². The van der Waals surface area contributed by atoms with Crippen molar-refractivity contribution in [3.05, 3.63) is 28.3 Å². The number of nitrogens with zero attached hydrogens (tertiary/aromatic N) is 1. The van der Waals surface area contributed by atoms with Crippen LogP contribution in [0.2, 0.25) is 0 Å². The Bertz CT molecular complexity index is 905. The van der Waals surface area contributed by atoms with E-state index in [1.165, 1.54) is 0 Å². The molecule has 10 heteroatoms. The van der Waals surface area contributed by atoms with Crippen LogP contribution in [0.5, 0.6) is 0 Å². The number of ether oxygens (including phenoxy) is 2. The molecule has 0 spiro atoms. The summed E-state index contributed by atoms with van der Waals surface area (Å²) in [5, 5.41) is 5.53. The molecule has 3 rings (SSSR count). The lowest BCUT2D eigenvalue weighted by atomic mass is 9.95. The van der Waals surface area contributed by atoms with Gasteiger partial charge in [-0.1, -0.05) is 0 Å². The van der Waals surface area contributed by atoms with Crippen LogP contribution in [-0.2, 0) is 30.3 Å². The molecule has 0 radical (unpaired) electrons. The predicted molar refractivity (Wildman–Crippen MR) is 113 cm³/mol. The van der Waals surface area contributed by atoms with Crippen molar-refractivity contribution in [1.29, 1.82) is 0 Å². The third kappa shape index (κ3) is 5.24. The number of carbonyl (C=O) groups excluding carboxylic acids is 3. The zero-order chi connectivity index (χ0) is 23.6.